The van der Waals surface area contributed by atoms with Gasteiger partial charge in [0.05, 0.1) is 20.8 Å². The van der Waals surface area contributed by atoms with Gasteiger partial charge in [0.15, 0.2) is 11.5 Å². The molecule has 3 rings (SSSR count). The van der Waals surface area contributed by atoms with E-state index in [0.717, 1.165) is 35.3 Å². The number of carbonyl (C=O) groups is 1. The highest BCUT2D eigenvalue weighted by atomic mass is 16.5. The SMILES string of the molecule is COc1ccc(CCN(C)CC(=O)Nc2ccccc2-c2ccccc2)cc1OC. The lowest BCUT2D eigenvalue weighted by Crippen LogP contribution is -2.31. The van der Waals surface area contributed by atoms with E-state index >= 15 is 0 Å². The Morgan fingerprint density at radius 3 is 2.33 bits per heavy atom. The van der Waals surface area contributed by atoms with Crippen molar-refractivity contribution in [3.63, 3.8) is 0 Å². The van der Waals surface area contributed by atoms with Crippen molar-refractivity contribution in [1.82, 2.24) is 4.90 Å². The Bertz CT molecular complexity index is 973. The number of methoxy groups -OCH3 is 2. The van der Waals surface area contributed by atoms with Crippen LogP contribution in [-0.2, 0) is 11.2 Å². The monoisotopic (exact) mass is 404 g/mol. The molecule has 0 spiro atoms. The van der Waals surface area contributed by atoms with Gasteiger partial charge in [-0.15, -0.1) is 0 Å². The van der Waals surface area contributed by atoms with Crippen molar-refractivity contribution in [3.05, 3.63) is 78.4 Å². The van der Waals surface area contributed by atoms with E-state index in [2.05, 4.69) is 5.32 Å². The van der Waals surface area contributed by atoms with Gasteiger partial charge in [0, 0.05) is 17.8 Å². The van der Waals surface area contributed by atoms with Gasteiger partial charge in [-0.1, -0.05) is 54.6 Å². The first-order chi connectivity index (χ1) is 14.6. The Hall–Kier alpha value is -3.31. The van der Waals surface area contributed by atoms with Crippen molar-refractivity contribution in [2.75, 3.05) is 39.7 Å². The molecule has 0 saturated heterocycles. The lowest BCUT2D eigenvalue weighted by atomic mass is 10.0. The Morgan fingerprint density at radius 1 is 0.900 bits per heavy atom. The molecule has 0 aliphatic carbocycles. The third kappa shape index (κ3) is 5.61. The smallest absolute Gasteiger partial charge is 0.238 e. The summed E-state index contributed by atoms with van der Waals surface area (Å²) in [4.78, 5) is 14.6. The number of hydrogen-bond acceptors (Lipinski definition) is 4. The average Bonchev–Trinajstić information content (AvgIpc) is 2.78. The maximum absolute atomic E-state index is 12.6. The predicted molar refractivity (Wildman–Crippen MR) is 121 cm³/mol. The maximum atomic E-state index is 12.6. The third-order valence-corrected chi connectivity index (χ3v) is 4.93. The summed E-state index contributed by atoms with van der Waals surface area (Å²) in [5, 5.41) is 3.05. The minimum Gasteiger partial charge on any atom is -0.493 e. The van der Waals surface area contributed by atoms with Crippen LogP contribution in [-0.4, -0.2) is 45.2 Å². The molecule has 0 saturated carbocycles. The van der Waals surface area contributed by atoms with Crippen molar-refractivity contribution in [2.24, 2.45) is 0 Å². The van der Waals surface area contributed by atoms with E-state index in [9.17, 15) is 4.79 Å². The second-order valence-electron chi connectivity index (χ2n) is 7.14. The number of para-hydroxylation sites is 1. The maximum Gasteiger partial charge on any atom is 0.238 e. The number of likely N-dealkylation sites (N-methyl/N-ethyl adjacent to an activating group) is 1. The van der Waals surface area contributed by atoms with Crippen LogP contribution in [0.15, 0.2) is 72.8 Å². The van der Waals surface area contributed by atoms with E-state index in [1.54, 1.807) is 14.2 Å². The first-order valence-corrected chi connectivity index (χ1v) is 9.94. The minimum absolute atomic E-state index is 0.0341. The molecule has 0 heterocycles. The molecule has 0 atom stereocenters. The number of benzene rings is 3. The van der Waals surface area contributed by atoms with Gasteiger partial charge in [0.25, 0.3) is 0 Å². The zero-order valence-electron chi connectivity index (χ0n) is 17.7. The minimum atomic E-state index is -0.0341. The largest absolute Gasteiger partial charge is 0.493 e. The Labute approximate surface area is 178 Å². The first kappa shape index (κ1) is 21.4. The lowest BCUT2D eigenvalue weighted by molar-refractivity contribution is -0.117. The summed E-state index contributed by atoms with van der Waals surface area (Å²) in [6, 6.07) is 23.8. The van der Waals surface area contributed by atoms with Crippen molar-refractivity contribution in [2.45, 2.75) is 6.42 Å². The molecule has 30 heavy (non-hydrogen) atoms. The summed E-state index contributed by atoms with van der Waals surface area (Å²) in [5.41, 5.74) is 4.05. The number of hydrogen-bond donors (Lipinski definition) is 1. The normalized spacial score (nSPS) is 10.7. The summed E-state index contributed by atoms with van der Waals surface area (Å²) in [5.74, 6) is 1.40. The van der Waals surface area contributed by atoms with Crippen molar-refractivity contribution in [3.8, 4) is 22.6 Å². The quantitative estimate of drug-likeness (QED) is 0.571. The van der Waals surface area contributed by atoms with Gasteiger partial charge in [-0.3, -0.25) is 9.69 Å². The van der Waals surface area contributed by atoms with Crippen molar-refractivity contribution in [1.29, 1.82) is 0 Å². The van der Waals surface area contributed by atoms with Crippen LogP contribution in [0.25, 0.3) is 11.1 Å². The summed E-state index contributed by atoms with van der Waals surface area (Å²) < 4.78 is 10.6. The van der Waals surface area contributed by atoms with Gasteiger partial charge in [0.1, 0.15) is 0 Å². The van der Waals surface area contributed by atoms with Gasteiger partial charge in [-0.05, 0) is 42.8 Å². The molecular weight excluding hydrogens is 376 g/mol. The Morgan fingerprint density at radius 2 is 1.60 bits per heavy atom. The van der Waals surface area contributed by atoms with Gasteiger partial charge in [0.2, 0.25) is 5.91 Å². The van der Waals surface area contributed by atoms with Crippen LogP contribution < -0.4 is 14.8 Å². The molecule has 3 aromatic rings. The van der Waals surface area contributed by atoms with E-state index in [-0.39, 0.29) is 5.91 Å². The first-order valence-electron chi connectivity index (χ1n) is 9.94. The second kappa shape index (κ2) is 10.5. The van der Waals surface area contributed by atoms with E-state index in [0.29, 0.717) is 18.0 Å². The lowest BCUT2D eigenvalue weighted by Gasteiger charge is -2.18. The van der Waals surface area contributed by atoms with Crippen molar-refractivity contribution >= 4 is 11.6 Å². The van der Waals surface area contributed by atoms with E-state index in [4.69, 9.17) is 9.47 Å². The van der Waals surface area contributed by atoms with Crippen LogP contribution in [0.5, 0.6) is 11.5 Å². The molecule has 0 bridgehead atoms. The van der Waals surface area contributed by atoms with Gasteiger partial charge < -0.3 is 14.8 Å². The molecule has 1 amide bonds. The second-order valence-corrected chi connectivity index (χ2v) is 7.14. The number of nitrogens with zero attached hydrogens (tertiary/aromatic N) is 1. The molecule has 5 heteroatoms. The number of carbonyl (C=O) groups excluding carboxylic acids is 1. The molecule has 0 radical (unpaired) electrons. The van der Waals surface area contributed by atoms with E-state index < -0.39 is 0 Å². The Balaban J connectivity index is 1.57. The molecule has 0 aromatic heterocycles. The van der Waals surface area contributed by atoms with E-state index in [1.165, 1.54) is 0 Å². The molecule has 0 aliphatic rings. The number of amides is 1. The molecule has 1 N–H and O–H groups in total. The van der Waals surface area contributed by atoms with Crippen LogP contribution in [0.2, 0.25) is 0 Å². The standard InChI is InChI=1S/C25H28N2O3/c1-27(16-15-19-13-14-23(29-2)24(17-19)30-3)18-25(28)26-22-12-8-7-11-21(22)20-9-5-4-6-10-20/h4-14,17H,15-16,18H2,1-3H3,(H,26,28). The van der Waals surface area contributed by atoms with Gasteiger partial charge in [-0.25, -0.2) is 0 Å². The molecule has 156 valence electrons. The van der Waals surface area contributed by atoms with E-state index in [1.807, 2.05) is 84.7 Å². The fourth-order valence-corrected chi connectivity index (χ4v) is 3.33. The highest BCUT2D eigenvalue weighted by molar-refractivity contribution is 5.96. The summed E-state index contributed by atoms with van der Waals surface area (Å²) in [6.45, 7) is 1.07. The number of nitrogens with one attached hydrogen (secondary N) is 1. The highest BCUT2D eigenvalue weighted by Crippen LogP contribution is 2.28. The molecular formula is C25H28N2O3. The Kier molecular flexibility index (Phi) is 7.46. The topological polar surface area (TPSA) is 50.8 Å². The molecule has 5 nitrogen and oxygen atoms in total. The number of anilines is 1. The predicted octanol–water partition coefficient (Wildman–Crippen LogP) is 4.48. The zero-order chi connectivity index (χ0) is 21.3. The van der Waals surface area contributed by atoms with Gasteiger partial charge in [-0.2, -0.15) is 0 Å². The molecule has 0 unspecified atom stereocenters. The summed E-state index contributed by atoms with van der Waals surface area (Å²) >= 11 is 0. The van der Waals surface area contributed by atoms with Crippen LogP contribution >= 0.6 is 0 Å². The van der Waals surface area contributed by atoms with Crippen molar-refractivity contribution < 1.29 is 14.3 Å². The molecule has 0 fully saturated rings. The van der Waals surface area contributed by atoms with Crippen LogP contribution in [0.1, 0.15) is 5.56 Å². The average molecular weight is 405 g/mol. The fraction of sp³-hybridized carbons (Fsp3) is 0.240. The summed E-state index contributed by atoms with van der Waals surface area (Å²) in [6.07, 6.45) is 0.810. The van der Waals surface area contributed by atoms with Crippen LogP contribution in [0.4, 0.5) is 5.69 Å². The van der Waals surface area contributed by atoms with Crippen LogP contribution in [0, 0.1) is 0 Å². The molecule has 3 aromatic carbocycles. The number of ether oxygens (including phenoxy) is 2. The van der Waals surface area contributed by atoms with Gasteiger partial charge >= 0.3 is 0 Å². The molecule has 0 aliphatic heterocycles. The third-order valence-electron chi connectivity index (χ3n) is 4.93. The fourth-order valence-electron chi connectivity index (χ4n) is 3.33. The zero-order valence-corrected chi connectivity index (χ0v) is 17.7. The number of rotatable bonds is 9. The van der Waals surface area contributed by atoms with Crippen LogP contribution in [0.3, 0.4) is 0 Å². The highest BCUT2D eigenvalue weighted by Gasteiger charge is 2.11. The summed E-state index contributed by atoms with van der Waals surface area (Å²) in [7, 11) is 5.20.